The van der Waals surface area contributed by atoms with Crippen LogP contribution in [0.4, 0.5) is 4.39 Å². The first-order valence-corrected chi connectivity index (χ1v) is 6.98. The topological polar surface area (TPSA) is 44.5 Å². The minimum absolute atomic E-state index is 0.133. The Bertz CT molecular complexity index is 486. The molecular formula is C13H15BrFNO2. The summed E-state index contributed by atoms with van der Waals surface area (Å²) in [6.07, 6.45) is 4.89. The molecule has 18 heavy (non-hydrogen) atoms. The molecule has 3 nitrogen and oxygen atoms in total. The summed E-state index contributed by atoms with van der Waals surface area (Å²) in [4.78, 5) is 0. The van der Waals surface area contributed by atoms with E-state index in [-0.39, 0.29) is 12.6 Å². The normalized spacial score (nSPS) is 21.1. The van der Waals surface area contributed by atoms with Crippen LogP contribution in [0.25, 0.3) is 0 Å². The Labute approximate surface area is 114 Å². The molecule has 1 heterocycles. The molecule has 0 radical (unpaired) electrons. The van der Waals surface area contributed by atoms with Gasteiger partial charge in [-0.15, -0.1) is 0 Å². The minimum Gasteiger partial charge on any atom is -0.454 e. The van der Waals surface area contributed by atoms with E-state index in [2.05, 4.69) is 15.9 Å². The Balaban J connectivity index is 2.09. The van der Waals surface area contributed by atoms with Gasteiger partial charge >= 0.3 is 0 Å². The number of hydrogen-bond acceptors (Lipinski definition) is 3. The minimum atomic E-state index is -0.578. The van der Waals surface area contributed by atoms with Gasteiger partial charge in [0.25, 0.3) is 0 Å². The highest BCUT2D eigenvalue weighted by molar-refractivity contribution is 9.10. The maximum Gasteiger partial charge on any atom is 0.231 e. The standard InChI is InChI=1S/C13H15BrFNO2/c14-10-11(15)8(6-9-12(10)18-7-17-9)13(16)4-2-1-3-5-13/h6H,1-5,7,16H2. The first-order valence-electron chi connectivity index (χ1n) is 6.19. The van der Waals surface area contributed by atoms with Gasteiger partial charge in [0.05, 0.1) is 4.47 Å². The molecular weight excluding hydrogens is 301 g/mol. The van der Waals surface area contributed by atoms with E-state index in [0.29, 0.717) is 21.5 Å². The zero-order valence-electron chi connectivity index (χ0n) is 9.97. The van der Waals surface area contributed by atoms with Crippen LogP contribution in [0.2, 0.25) is 0 Å². The lowest BCUT2D eigenvalue weighted by Crippen LogP contribution is -2.39. The molecule has 1 aromatic carbocycles. The number of ether oxygens (including phenoxy) is 2. The van der Waals surface area contributed by atoms with Gasteiger partial charge in [0.2, 0.25) is 6.79 Å². The molecule has 2 aliphatic rings. The van der Waals surface area contributed by atoms with Crippen molar-refractivity contribution < 1.29 is 13.9 Å². The number of hydrogen-bond donors (Lipinski definition) is 1. The van der Waals surface area contributed by atoms with Crippen molar-refractivity contribution in [1.29, 1.82) is 0 Å². The molecule has 98 valence electrons. The predicted octanol–water partition coefficient (Wildman–Crippen LogP) is 3.44. The fourth-order valence-corrected chi connectivity index (χ4v) is 3.32. The largest absolute Gasteiger partial charge is 0.454 e. The van der Waals surface area contributed by atoms with Crippen LogP contribution in [0.3, 0.4) is 0 Å². The quantitative estimate of drug-likeness (QED) is 0.863. The van der Waals surface area contributed by atoms with Crippen LogP contribution >= 0.6 is 15.9 Å². The number of rotatable bonds is 1. The summed E-state index contributed by atoms with van der Waals surface area (Å²) in [5.41, 5.74) is 6.35. The lowest BCUT2D eigenvalue weighted by atomic mass is 9.77. The molecule has 2 N–H and O–H groups in total. The van der Waals surface area contributed by atoms with Crippen molar-refractivity contribution in [2.75, 3.05) is 6.79 Å². The van der Waals surface area contributed by atoms with Crippen LogP contribution in [0.15, 0.2) is 10.5 Å². The lowest BCUT2D eigenvalue weighted by molar-refractivity contribution is 0.173. The number of halogens is 2. The van der Waals surface area contributed by atoms with Gasteiger partial charge in [0.1, 0.15) is 5.82 Å². The average molecular weight is 316 g/mol. The summed E-state index contributed by atoms with van der Waals surface area (Å²) in [5.74, 6) is 0.702. The van der Waals surface area contributed by atoms with Crippen molar-refractivity contribution in [2.24, 2.45) is 5.73 Å². The molecule has 5 heteroatoms. The van der Waals surface area contributed by atoms with E-state index >= 15 is 0 Å². The van der Waals surface area contributed by atoms with Crippen molar-refractivity contribution in [3.8, 4) is 11.5 Å². The second kappa shape index (κ2) is 4.38. The zero-order valence-corrected chi connectivity index (χ0v) is 11.6. The second-order valence-corrected chi connectivity index (χ2v) is 5.80. The predicted molar refractivity (Wildman–Crippen MR) is 69.2 cm³/mol. The van der Waals surface area contributed by atoms with Crippen LogP contribution in [-0.4, -0.2) is 6.79 Å². The van der Waals surface area contributed by atoms with Crippen LogP contribution < -0.4 is 15.2 Å². The molecule has 1 aliphatic carbocycles. The maximum absolute atomic E-state index is 14.4. The Morgan fingerprint density at radius 2 is 1.94 bits per heavy atom. The molecule has 0 aromatic heterocycles. The summed E-state index contributed by atoms with van der Waals surface area (Å²) in [6.45, 7) is 0.133. The third-order valence-electron chi connectivity index (χ3n) is 3.83. The summed E-state index contributed by atoms with van der Waals surface area (Å²) in [7, 11) is 0. The SMILES string of the molecule is NC1(c2cc3c(c(Br)c2F)OCO3)CCCCC1. The molecule has 0 unspecified atom stereocenters. The van der Waals surface area contributed by atoms with E-state index in [9.17, 15) is 4.39 Å². The number of benzene rings is 1. The van der Waals surface area contributed by atoms with Crippen LogP contribution in [-0.2, 0) is 5.54 Å². The van der Waals surface area contributed by atoms with E-state index in [1.807, 2.05) is 0 Å². The molecule has 0 saturated heterocycles. The van der Waals surface area contributed by atoms with Gasteiger partial charge in [-0.05, 0) is 34.8 Å². The first-order chi connectivity index (χ1) is 8.62. The molecule has 0 spiro atoms. The molecule has 1 saturated carbocycles. The highest BCUT2D eigenvalue weighted by Gasteiger charge is 2.35. The number of nitrogens with two attached hydrogens (primary N) is 1. The van der Waals surface area contributed by atoms with Gasteiger partial charge in [-0.2, -0.15) is 0 Å². The molecule has 0 bridgehead atoms. The average Bonchev–Trinajstić information content (AvgIpc) is 2.83. The summed E-state index contributed by atoms with van der Waals surface area (Å²) >= 11 is 3.24. The van der Waals surface area contributed by atoms with Gasteiger partial charge in [-0.1, -0.05) is 19.3 Å². The van der Waals surface area contributed by atoms with E-state index in [0.717, 1.165) is 25.7 Å². The third-order valence-corrected chi connectivity index (χ3v) is 4.54. The van der Waals surface area contributed by atoms with E-state index in [1.165, 1.54) is 6.42 Å². The summed E-state index contributed by atoms with van der Waals surface area (Å²) < 4.78 is 25.3. The lowest BCUT2D eigenvalue weighted by Gasteiger charge is -2.34. The molecule has 1 fully saturated rings. The van der Waals surface area contributed by atoms with Gasteiger partial charge in [-0.3, -0.25) is 0 Å². The molecule has 0 amide bonds. The summed E-state index contributed by atoms with van der Waals surface area (Å²) in [5, 5.41) is 0. The van der Waals surface area contributed by atoms with Gasteiger partial charge < -0.3 is 15.2 Å². The third kappa shape index (κ3) is 1.80. The molecule has 3 rings (SSSR count). The molecule has 1 aliphatic heterocycles. The Kier molecular flexibility index (Phi) is 2.98. The molecule has 0 atom stereocenters. The monoisotopic (exact) mass is 315 g/mol. The van der Waals surface area contributed by atoms with Crippen molar-refractivity contribution in [3.63, 3.8) is 0 Å². The van der Waals surface area contributed by atoms with Gasteiger partial charge in [-0.25, -0.2) is 4.39 Å². The Morgan fingerprint density at radius 1 is 1.22 bits per heavy atom. The van der Waals surface area contributed by atoms with Crippen molar-refractivity contribution >= 4 is 15.9 Å². The van der Waals surface area contributed by atoms with E-state index < -0.39 is 5.54 Å². The highest BCUT2D eigenvalue weighted by atomic mass is 79.9. The summed E-state index contributed by atoms with van der Waals surface area (Å²) in [6, 6.07) is 1.70. The first kappa shape index (κ1) is 12.2. The van der Waals surface area contributed by atoms with Crippen molar-refractivity contribution in [2.45, 2.75) is 37.6 Å². The fraction of sp³-hybridized carbons (Fsp3) is 0.538. The van der Waals surface area contributed by atoms with Crippen molar-refractivity contribution in [3.05, 3.63) is 21.9 Å². The smallest absolute Gasteiger partial charge is 0.231 e. The van der Waals surface area contributed by atoms with Gasteiger partial charge in [0, 0.05) is 11.1 Å². The maximum atomic E-state index is 14.4. The van der Waals surface area contributed by atoms with Gasteiger partial charge in [0.15, 0.2) is 11.5 Å². The zero-order chi connectivity index (χ0) is 12.8. The van der Waals surface area contributed by atoms with E-state index in [4.69, 9.17) is 15.2 Å². The van der Waals surface area contributed by atoms with E-state index in [1.54, 1.807) is 6.07 Å². The highest BCUT2D eigenvalue weighted by Crippen LogP contribution is 2.46. The van der Waals surface area contributed by atoms with Crippen LogP contribution in [0, 0.1) is 5.82 Å². The Hall–Kier alpha value is -0.810. The number of fused-ring (bicyclic) bond motifs is 1. The van der Waals surface area contributed by atoms with Crippen LogP contribution in [0.1, 0.15) is 37.7 Å². The fourth-order valence-electron chi connectivity index (χ4n) is 2.79. The van der Waals surface area contributed by atoms with Crippen molar-refractivity contribution in [1.82, 2.24) is 0 Å². The van der Waals surface area contributed by atoms with Crippen LogP contribution in [0.5, 0.6) is 11.5 Å². The molecule has 1 aromatic rings. The Morgan fingerprint density at radius 3 is 2.67 bits per heavy atom. The second-order valence-electron chi connectivity index (χ2n) is 5.00.